The molecule has 1 amide bonds. The first-order valence-corrected chi connectivity index (χ1v) is 4.20. The van der Waals surface area contributed by atoms with Crippen LogP contribution in [0.2, 0.25) is 0 Å². The Bertz CT molecular complexity index is 102. The highest BCUT2D eigenvalue weighted by Gasteiger charge is 2.12. The predicted molar refractivity (Wildman–Crippen MR) is 43.4 cm³/mol. The molecule has 0 rings (SSSR count). The zero-order chi connectivity index (χ0) is 7.98. The van der Waals surface area contributed by atoms with Crippen LogP contribution >= 0.6 is 23.2 Å². The Morgan fingerprint density at radius 2 is 1.70 bits per heavy atom. The molecule has 0 heterocycles. The molecule has 60 valence electrons. The van der Waals surface area contributed by atoms with Gasteiger partial charge >= 0.3 is 0 Å². The van der Waals surface area contributed by atoms with Crippen molar-refractivity contribution in [1.82, 2.24) is 0 Å². The molecule has 0 saturated heterocycles. The van der Waals surface area contributed by atoms with Gasteiger partial charge in [-0.05, 0) is 12.8 Å². The van der Waals surface area contributed by atoms with Crippen molar-refractivity contribution in [2.45, 2.75) is 12.8 Å². The molecule has 0 aromatic rings. The zero-order valence-corrected chi connectivity index (χ0v) is 7.16. The monoisotopic (exact) mass is 183 g/mol. The smallest absolute Gasteiger partial charge is 0.220 e. The van der Waals surface area contributed by atoms with Crippen molar-refractivity contribution < 1.29 is 4.79 Å². The molecule has 0 saturated carbocycles. The van der Waals surface area contributed by atoms with E-state index in [-0.39, 0.29) is 11.8 Å². The number of carbonyl (C=O) groups is 1. The second kappa shape index (κ2) is 5.81. The number of carbonyl (C=O) groups excluding carboxylic acids is 1. The van der Waals surface area contributed by atoms with Gasteiger partial charge in [0.2, 0.25) is 5.91 Å². The van der Waals surface area contributed by atoms with Crippen LogP contribution in [0.4, 0.5) is 0 Å². The number of amides is 1. The summed E-state index contributed by atoms with van der Waals surface area (Å²) in [6.45, 7) is 0. The summed E-state index contributed by atoms with van der Waals surface area (Å²) in [5.74, 6) is 0.478. The first-order chi connectivity index (χ1) is 4.72. The Kier molecular flexibility index (Phi) is 5.84. The Labute approximate surface area is 70.7 Å². The average molecular weight is 184 g/mol. The summed E-state index contributed by atoms with van der Waals surface area (Å²) < 4.78 is 0. The molecule has 4 heteroatoms. The van der Waals surface area contributed by atoms with Gasteiger partial charge in [0.05, 0.1) is 0 Å². The Morgan fingerprint density at radius 3 is 1.90 bits per heavy atom. The van der Waals surface area contributed by atoms with E-state index in [0.717, 1.165) is 0 Å². The number of hydrogen-bond donors (Lipinski definition) is 1. The van der Waals surface area contributed by atoms with Crippen LogP contribution in [-0.2, 0) is 4.79 Å². The van der Waals surface area contributed by atoms with Crippen LogP contribution in [-0.4, -0.2) is 17.7 Å². The number of alkyl halides is 2. The van der Waals surface area contributed by atoms with E-state index in [4.69, 9.17) is 28.9 Å². The molecule has 10 heavy (non-hydrogen) atoms. The summed E-state index contributed by atoms with van der Waals surface area (Å²) in [5, 5.41) is 0. The van der Waals surface area contributed by atoms with Gasteiger partial charge in [-0.2, -0.15) is 0 Å². The first kappa shape index (κ1) is 10.0. The number of hydrogen-bond acceptors (Lipinski definition) is 1. The van der Waals surface area contributed by atoms with Gasteiger partial charge in [-0.15, -0.1) is 23.2 Å². The molecule has 0 spiro atoms. The van der Waals surface area contributed by atoms with E-state index in [0.29, 0.717) is 24.6 Å². The molecule has 2 nitrogen and oxygen atoms in total. The minimum Gasteiger partial charge on any atom is -0.369 e. The van der Waals surface area contributed by atoms with Gasteiger partial charge in [0.1, 0.15) is 0 Å². The van der Waals surface area contributed by atoms with E-state index in [9.17, 15) is 4.79 Å². The molecule has 0 aromatic carbocycles. The van der Waals surface area contributed by atoms with Crippen molar-refractivity contribution in [3.63, 3.8) is 0 Å². The minimum absolute atomic E-state index is 0.144. The highest BCUT2D eigenvalue weighted by Crippen LogP contribution is 2.09. The second-order valence-corrected chi connectivity index (χ2v) is 2.81. The van der Waals surface area contributed by atoms with Crippen LogP contribution in [0.5, 0.6) is 0 Å². The lowest BCUT2D eigenvalue weighted by Crippen LogP contribution is -2.23. The van der Waals surface area contributed by atoms with Crippen LogP contribution in [0.3, 0.4) is 0 Å². The second-order valence-electron chi connectivity index (χ2n) is 2.05. The lowest BCUT2D eigenvalue weighted by molar-refractivity contribution is -0.121. The van der Waals surface area contributed by atoms with Crippen molar-refractivity contribution in [3.8, 4) is 0 Å². The van der Waals surface area contributed by atoms with Crippen LogP contribution in [0.15, 0.2) is 0 Å². The predicted octanol–water partition coefficient (Wildman–Crippen LogP) is 1.35. The van der Waals surface area contributed by atoms with E-state index in [1.807, 2.05) is 0 Å². The average Bonchev–Trinajstić information content (AvgIpc) is 1.87. The zero-order valence-electron chi connectivity index (χ0n) is 5.65. The van der Waals surface area contributed by atoms with Gasteiger partial charge in [-0.3, -0.25) is 4.79 Å². The van der Waals surface area contributed by atoms with Crippen LogP contribution in [0.25, 0.3) is 0 Å². The Morgan fingerprint density at radius 1 is 1.30 bits per heavy atom. The van der Waals surface area contributed by atoms with Crippen LogP contribution in [0.1, 0.15) is 12.8 Å². The fourth-order valence-corrected chi connectivity index (χ4v) is 1.22. The molecule has 0 bridgehead atoms. The molecular weight excluding hydrogens is 173 g/mol. The molecule has 0 aliphatic rings. The maximum Gasteiger partial charge on any atom is 0.220 e. The van der Waals surface area contributed by atoms with Crippen molar-refractivity contribution >= 4 is 29.1 Å². The molecule has 0 aliphatic heterocycles. The number of halogens is 2. The standard InChI is InChI=1S/C6H11Cl2NO/c7-3-1-5(2-4-8)6(9)10/h5H,1-4H2,(H2,9,10). The van der Waals surface area contributed by atoms with Crippen LogP contribution in [0, 0.1) is 5.92 Å². The topological polar surface area (TPSA) is 43.1 Å². The van der Waals surface area contributed by atoms with Crippen molar-refractivity contribution in [1.29, 1.82) is 0 Å². The molecule has 2 N–H and O–H groups in total. The Balaban J connectivity index is 3.61. The van der Waals surface area contributed by atoms with Gasteiger partial charge in [-0.1, -0.05) is 0 Å². The summed E-state index contributed by atoms with van der Waals surface area (Å²) in [5.41, 5.74) is 5.05. The summed E-state index contributed by atoms with van der Waals surface area (Å²) >= 11 is 10.9. The van der Waals surface area contributed by atoms with E-state index in [1.165, 1.54) is 0 Å². The SMILES string of the molecule is NC(=O)C(CCCl)CCCl. The fraction of sp³-hybridized carbons (Fsp3) is 0.833. The lowest BCUT2D eigenvalue weighted by atomic mass is 10.0. The summed E-state index contributed by atoms with van der Waals surface area (Å²) in [6, 6.07) is 0. The third kappa shape index (κ3) is 3.96. The van der Waals surface area contributed by atoms with E-state index in [1.54, 1.807) is 0 Å². The van der Waals surface area contributed by atoms with E-state index >= 15 is 0 Å². The Hall–Kier alpha value is 0.0500. The minimum atomic E-state index is -0.304. The number of primary amides is 1. The van der Waals surface area contributed by atoms with E-state index in [2.05, 4.69) is 0 Å². The summed E-state index contributed by atoms with van der Waals surface area (Å²) in [4.78, 5) is 10.6. The highest BCUT2D eigenvalue weighted by atomic mass is 35.5. The molecule has 0 fully saturated rings. The van der Waals surface area contributed by atoms with Gasteiger partial charge in [0, 0.05) is 17.7 Å². The van der Waals surface area contributed by atoms with Gasteiger partial charge in [0.15, 0.2) is 0 Å². The molecule has 0 aliphatic carbocycles. The first-order valence-electron chi connectivity index (χ1n) is 3.13. The van der Waals surface area contributed by atoms with Crippen molar-refractivity contribution in [3.05, 3.63) is 0 Å². The maximum atomic E-state index is 10.6. The molecular formula is C6H11Cl2NO. The number of nitrogens with two attached hydrogens (primary N) is 1. The van der Waals surface area contributed by atoms with Crippen LogP contribution < -0.4 is 5.73 Å². The van der Waals surface area contributed by atoms with Crippen molar-refractivity contribution in [2.24, 2.45) is 11.7 Å². The molecule has 0 radical (unpaired) electrons. The largest absolute Gasteiger partial charge is 0.369 e. The fourth-order valence-electron chi connectivity index (χ4n) is 0.692. The van der Waals surface area contributed by atoms with Gasteiger partial charge in [-0.25, -0.2) is 0 Å². The van der Waals surface area contributed by atoms with Gasteiger partial charge in [0.25, 0.3) is 0 Å². The van der Waals surface area contributed by atoms with Gasteiger partial charge < -0.3 is 5.73 Å². The molecule has 0 unspecified atom stereocenters. The van der Waals surface area contributed by atoms with E-state index < -0.39 is 0 Å². The summed E-state index contributed by atoms with van der Waals surface area (Å²) in [7, 11) is 0. The molecule has 0 aromatic heterocycles. The molecule has 0 atom stereocenters. The maximum absolute atomic E-state index is 10.6. The lowest BCUT2D eigenvalue weighted by Gasteiger charge is -2.07. The number of rotatable bonds is 5. The third-order valence-corrected chi connectivity index (χ3v) is 1.75. The van der Waals surface area contributed by atoms with Crippen molar-refractivity contribution in [2.75, 3.05) is 11.8 Å². The third-order valence-electron chi connectivity index (χ3n) is 1.32. The normalized spacial score (nSPS) is 10.3. The highest BCUT2D eigenvalue weighted by molar-refractivity contribution is 6.18. The quantitative estimate of drug-likeness (QED) is 0.643. The summed E-state index contributed by atoms with van der Waals surface area (Å²) in [6.07, 6.45) is 1.26.